The van der Waals surface area contributed by atoms with Crippen molar-refractivity contribution in [3.05, 3.63) is 11.6 Å². The number of aliphatic hydroxyl groups excluding tert-OH is 12. The number of esters is 1. The second kappa shape index (κ2) is 20.9. The third kappa shape index (κ3) is 9.70. The Hall–Kier alpha value is -1.51. The molecule has 0 spiro atoms. The van der Waals surface area contributed by atoms with Crippen LogP contribution in [0.4, 0.5) is 0 Å². The van der Waals surface area contributed by atoms with E-state index in [0.29, 0.717) is 51.4 Å². The van der Waals surface area contributed by atoms with Crippen molar-refractivity contribution in [1.82, 2.24) is 0 Å². The molecular formula is C50H84O20. The highest BCUT2D eigenvalue weighted by atomic mass is 16.7. The van der Waals surface area contributed by atoms with Crippen LogP contribution < -0.4 is 0 Å². The molecule has 0 aromatic heterocycles. The van der Waals surface area contributed by atoms with Crippen LogP contribution in [0.1, 0.15) is 114 Å². The van der Waals surface area contributed by atoms with Gasteiger partial charge in [0.2, 0.25) is 0 Å². The van der Waals surface area contributed by atoms with E-state index in [4.69, 9.17) is 33.2 Å². The first-order valence-electron chi connectivity index (χ1n) is 25.4. The lowest BCUT2D eigenvalue weighted by molar-refractivity contribution is -0.372. The van der Waals surface area contributed by atoms with Crippen molar-refractivity contribution >= 4 is 5.97 Å². The molecule has 3 saturated heterocycles. The number of hydrogen-bond donors (Lipinski definition) is 12. The van der Waals surface area contributed by atoms with Crippen molar-refractivity contribution in [2.24, 2.45) is 45.3 Å². The summed E-state index contributed by atoms with van der Waals surface area (Å²) in [5, 5.41) is 133. The standard InChI is InChI=1S/C50H84O20/c1-22(2)11-10-14-50(9,70-45-40(63)37(60)41(28(20-52)67-45)69-44-39(62)35(58)33(56)27(19-51)66-44)24-12-16-48(7)32(24)25(54)17-30-47(6)15-13-31(55)46(4,5)42(47)26(18-49(30,48)8)65-43-38(61)36(59)34(57)29(68-43)21-64-23(3)53/h11,24-45,51-52,54-63H,10,12-21H2,1-9H3/t24-,25+,26-,27+,28+,29+,30+,31-,32-,33-,34+,35-,36-,37+,38+,39+,40+,41+,42-,43+,44-,45-,47+,48+,49+,50-/m0/s1. The number of carbonyl (C=O) groups is 1. The molecule has 0 radical (unpaired) electrons. The first kappa shape index (κ1) is 56.2. The summed E-state index contributed by atoms with van der Waals surface area (Å²) in [7, 11) is 0. The zero-order valence-electron chi connectivity index (χ0n) is 42.2. The molecule has 0 aromatic rings. The van der Waals surface area contributed by atoms with Crippen LogP contribution >= 0.6 is 0 Å². The van der Waals surface area contributed by atoms with E-state index in [9.17, 15) is 66.1 Å². The van der Waals surface area contributed by atoms with E-state index in [-0.39, 0.29) is 24.4 Å². The molecule has 7 aliphatic rings. The molecule has 4 aliphatic carbocycles. The Kier molecular flexibility index (Phi) is 16.8. The monoisotopic (exact) mass is 1000 g/mol. The normalized spacial score (nSPS) is 51.0. The minimum atomic E-state index is -1.83. The molecule has 0 bridgehead atoms. The average Bonchev–Trinajstić information content (AvgIpc) is 3.68. The van der Waals surface area contributed by atoms with Gasteiger partial charge in [0.15, 0.2) is 18.9 Å². The van der Waals surface area contributed by atoms with E-state index in [1.165, 1.54) is 6.92 Å². The van der Waals surface area contributed by atoms with Gasteiger partial charge in [0.25, 0.3) is 0 Å². The fourth-order valence-corrected chi connectivity index (χ4v) is 15.1. The van der Waals surface area contributed by atoms with Crippen molar-refractivity contribution in [3.8, 4) is 0 Å². The van der Waals surface area contributed by atoms with Gasteiger partial charge in [0.05, 0.1) is 37.1 Å². The number of rotatable bonds is 14. The van der Waals surface area contributed by atoms with Crippen molar-refractivity contribution in [1.29, 1.82) is 0 Å². The Morgan fingerprint density at radius 3 is 1.86 bits per heavy atom. The third-order valence-corrected chi connectivity index (χ3v) is 19.0. The van der Waals surface area contributed by atoms with Crippen LogP contribution in [-0.2, 0) is 38.0 Å². The molecule has 3 aliphatic heterocycles. The zero-order valence-corrected chi connectivity index (χ0v) is 42.2. The van der Waals surface area contributed by atoms with Gasteiger partial charge in [-0.3, -0.25) is 4.79 Å². The van der Waals surface area contributed by atoms with E-state index in [1.54, 1.807) is 0 Å². The van der Waals surface area contributed by atoms with Crippen LogP contribution in [-0.4, -0.2) is 203 Å². The van der Waals surface area contributed by atoms with Gasteiger partial charge in [-0.25, -0.2) is 0 Å². The van der Waals surface area contributed by atoms with E-state index in [0.717, 1.165) is 5.57 Å². The number of carbonyl (C=O) groups excluding carboxylic acids is 1. The predicted octanol–water partition coefficient (Wildman–Crippen LogP) is -0.485. The van der Waals surface area contributed by atoms with Gasteiger partial charge in [-0.15, -0.1) is 0 Å². The molecule has 20 nitrogen and oxygen atoms in total. The van der Waals surface area contributed by atoms with Crippen molar-refractivity contribution < 1.29 is 99.2 Å². The summed E-state index contributed by atoms with van der Waals surface area (Å²) in [6.07, 6.45) is -19.9. The summed E-state index contributed by atoms with van der Waals surface area (Å²) < 4.78 is 42.7. The van der Waals surface area contributed by atoms with Gasteiger partial charge in [-0.2, -0.15) is 0 Å². The summed E-state index contributed by atoms with van der Waals surface area (Å²) in [5.41, 5.74) is -2.52. The second-order valence-corrected chi connectivity index (χ2v) is 23.7. The largest absolute Gasteiger partial charge is 0.463 e. The van der Waals surface area contributed by atoms with Gasteiger partial charge in [-0.1, -0.05) is 46.3 Å². The van der Waals surface area contributed by atoms with Crippen LogP contribution in [0.25, 0.3) is 0 Å². The molecule has 4 saturated carbocycles. The van der Waals surface area contributed by atoms with E-state index >= 15 is 0 Å². The molecule has 3 heterocycles. The number of aliphatic hydroxyl groups is 12. The highest BCUT2D eigenvalue weighted by Gasteiger charge is 2.74. The number of allylic oxidation sites excluding steroid dienone is 2. The lowest BCUT2D eigenvalue weighted by Gasteiger charge is -2.72. The van der Waals surface area contributed by atoms with Gasteiger partial charge >= 0.3 is 5.97 Å². The van der Waals surface area contributed by atoms with Crippen LogP contribution in [0.3, 0.4) is 0 Å². The van der Waals surface area contributed by atoms with Crippen LogP contribution in [0.15, 0.2) is 11.6 Å². The molecule has 20 heteroatoms. The minimum absolute atomic E-state index is 0.0876. The average molecular weight is 1010 g/mol. The Morgan fingerprint density at radius 1 is 0.686 bits per heavy atom. The summed E-state index contributed by atoms with van der Waals surface area (Å²) in [6.45, 7) is 15.9. The first-order chi connectivity index (χ1) is 32.6. The summed E-state index contributed by atoms with van der Waals surface area (Å²) in [5.74, 6) is -1.81. The van der Waals surface area contributed by atoms with Gasteiger partial charge in [0.1, 0.15) is 79.9 Å². The fourth-order valence-electron chi connectivity index (χ4n) is 15.1. The van der Waals surface area contributed by atoms with E-state index < -0.39 is 163 Å². The van der Waals surface area contributed by atoms with Gasteiger partial charge < -0.3 is 94.4 Å². The summed E-state index contributed by atoms with van der Waals surface area (Å²) in [6, 6.07) is 0. The lowest BCUT2D eigenvalue weighted by Crippen LogP contribution is -2.71. The quantitative estimate of drug-likeness (QED) is 0.0594. The maximum atomic E-state index is 12.8. The lowest BCUT2D eigenvalue weighted by atomic mass is 9.34. The number of ether oxygens (including phenoxy) is 7. The maximum Gasteiger partial charge on any atom is 0.302 e. The number of hydrogen-bond acceptors (Lipinski definition) is 20. The molecule has 7 fully saturated rings. The Morgan fingerprint density at radius 2 is 1.26 bits per heavy atom. The molecule has 7 rings (SSSR count). The summed E-state index contributed by atoms with van der Waals surface area (Å²) >= 11 is 0. The first-order valence-corrected chi connectivity index (χ1v) is 25.4. The molecule has 26 atom stereocenters. The molecule has 70 heavy (non-hydrogen) atoms. The Balaban J connectivity index is 1.20. The highest BCUT2D eigenvalue weighted by molar-refractivity contribution is 5.65. The number of fused-ring (bicyclic) bond motifs is 5. The van der Waals surface area contributed by atoms with E-state index in [1.807, 2.05) is 34.6 Å². The maximum absolute atomic E-state index is 12.8. The SMILES string of the molecule is CC(=O)OC[C@H]1O[C@@H](O[C@H]2C[C@]3(C)[C@H](C[C@@H](O)[C@@H]4[C@@H]([C@](C)(CCC=C(C)C)O[C@@H]5O[C@H](CO)[C@@H](O[C@@H]6O[C@H](CO)[C@H](O)[C@H](O)[C@H]6O)[C@H](O)[C@H]5O)CC[C@]43C)[C@@]3(C)CC[C@H](O)C(C)(C)[C@H]23)[C@H](O)[C@@H](O)[C@@H]1O. The fraction of sp³-hybridized carbons (Fsp3) is 0.940. The minimum Gasteiger partial charge on any atom is -0.463 e. The molecule has 404 valence electrons. The molecule has 0 aromatic carbocycles. The van der Waals surface area contributed by atoms with Crippen LogP contribution in [0.2, 0.25) is 0 Å². The zero-order chi connectivity index (χ0) is 51.8. The second-order valence-electron chi connectivity index (χ2n) is 23.7. The molecule has 12 N–H and O–H groups in total. The van der Waals surface area contributed by atoms with E-state index in [2.05, 4.69) is 26.8 Å². The smallest absolute Gasteiger partial charge is 0.302 e. The predicted molar refractivity (Wildman–Crippen MR) is 245 cm³/mol. The molecule has 0 amide bonds. The van der Waals surface area contributed by atoms with Crippen molar-refractivity contribution in [3.63, 3.8) is 0 Å². The van der Waals surface area contributed by atoms with Gasteiger partial charge in [0, 0.05) is 6.92 Å². The topological polar surface area (TPSA) is 324 Å². The van der Waals surface area contributed by atoms with Crippen LogP contribution in [0, 0.1) is 45.3 Å². The third-order valence-electron chi connectivity index (χ3n) is 19.0. The molecule has 0 unspecified atom stereocenters. The van der Waals surface area contributed by atoms with Crippen LogP contribution in [0.5, 0.6) is 0 Å². The van der Waals surface area contributed by atoms with Crippen molar-refractivity contribution in [2.45, 2.75) is 230 Å². The van der Waals surface area contributed by atoms with Gasteiger partial charge in [-0.05, 0) is 117 Å². The van der Waals surface area contributed by atoms with Crippen molar-refractivity contribution in [2.75, 3.05) is 19.8 Å². The molecular weight excluding hydrogens is 921 g/mol. The Bertz CT molecular complexity index is 1830. The Labute approximate surface area is 410 Å². The highest BCUT2D eigenvalue weighted by Crippen LogP contribution is 2.76. The summed E-state index contributed by atoms with van der Waals surface area (Å²) in [4.78, 5) is 11.8.